The number of hydrogen-bond acceptors (Lipinski definition) is 4. The van der Waals surface area contributed by atoms with E-state index in [4.69, 9.17) is 4.74 Å². The third kappa shape index (κ3) is 5.32. The van der Waals surface area contributed by atoms with E-state index in [1.807, 2.05) is 26.0 Å². The lowest BCUT2D eigenvalue weighted by atomic mass is 10.1. The van der Waals surface area contributed by atoms with Crippen LogP contribution in [0.5, 0.6) is 0 Å². The highest BCUT2D eigenvalue weighted by atomic mass is 32.2. The van der Waals surface area contributed by atoms with Crippen molar-refractivity contribution in [2.45, 2.75) is 33.2 Å². The van der Waals surface area contributed by atoms with Gasteiger partial charge in [0.1, 0.15) is 10.7 Å². The monoisotopic (exact) mass is 334 g/mol. The van der Waals surface area contributed by atoms with Gasteiger partial charge in [0.25, 0.3) is 5.91 Å². The van der Waals surface area contributed by atoms with Crippen LogP contribution in [-0.4, -0.2) is 30.2 Å². The van der Waals surface area contributed by atoms with Gasteiger partial charge < -0.3 is 15.4 Å². The summed E-state index contributed by atoms with van der Waals surface area (Å²) >= 11 is 1.51. The summed E-state index contributed by atoms with van der Waals surface area (Å²) in [5.74, 6) is 1.29. The third-order valence-electron chi connectivity index (χ3n) is 3.20. The number of anilines is 1. The summed E-state index contributed by atoms with van der Waals surface area (Å²) in [6.07, 6.45) is 0.334. The molecule has 2 N–H and O–H groups in total. The maximum absolute atomic E-state index is 12.2. The van der Waals surface area contributed by atoms with Gasteiger partial charge >= 0.3 is 0 Å². The summed E-state index contributed by atoms with van der Waals surface area (Å²) in [6, 6.07) is 7.44. The van der Waals surface area contributed by atoms with Crippen LogP contribution in [0, 0.1) is 0 Å². The fourth-order valence-electron chi connectivity index (χ4n) is 2.18. The Morgan fingerprint density at radius 1 is 1.26 bits per heavy atom. The van der Waals surface area contributed by atoms with Crippen LogP contribution in [0.1, 0.15) is 26.3 Å². The van der Waals surface area contributed by atoms with E-state index in [0.29, 0.717) is 29.4 Å². The summed E-state index contributed by atoms with van der Waals surface area (Å²) in [6.45, 7) is 6.30. The van der Waals surface area contributed by atoms with E-state index in [2.05, 4.69) is 10.6 Å². The molecule has 6 heteroatoms. The molecule has 0 unspecified atom stereocenters. The molecule has 0 radical (unpaired) electrons. The molecular formula is C17H22N2O3S. The molecule has 0 fully saturated rings. The van der Waals surface area contributed by atoms with Crippen molar-refractivity contribution in [3.05, 3.63) is 40.5 Å². The van der Waals surface area contributed by atoms with Crippen LogP contribution in [0.15, 0.2) is 34.9 Å². The van der Waals surface area contributed by atoms with E-state index in [0.717, 1.165) is 11.3 Å². The molecule has 0 atom stereocenters. The van der Waals surface area contributed by atoms with Crippen LogP contribution in [0.2, 0.25) is 0 Å². The van der Waals surface area contributed by atoms with Gasteiger partial charge in [-0.3, -0.25) is 9.59 Å². The summed E-state index contributed by atoms with van der Waals surface area (Å²) in [5, 5.41) is 5.71. The topological polar surface area (TPSA) is 67.4 Å². The fraction of sp³-hybridized carbons (Fsp3) is 0.412. The second kappa shape index (κ2) is 8.06. The zero-order chi connectivity index (χ0) is 16.8. The Kier molecular flexibility index (Phi) is 6.10. The second-order valence-electron chi connectivity index (χ2n) is 5.63. The molecule has 0 saturated heterocycles. The minimum atomic E-state index is -0.155. The quantitative estimate of drug-likeness (QED) is 0.869. The second-order valence-corrected chi connectivity index (χ2v) is 6.74. The number of allylic oxidation sites excluding steroid dienone is 1. The molecule has 1 aromatic rings. The fourth-order valence-corrected chi connectivity index (χ4v) is 3.00. The molecule has 1 aliphatic rings. The normalized spacial score (nSPS) is 14.4. The van der Waals surface area contributed by atoms with Crippen LogP contribution in [-0.2, 0) is 20.7 Å². The molecule has 1 aliphatic heterocycles. The molecular weight excluding hydrogens is 312 g/mol. The Balaban J connectivity index is 1.95. The highest BCUT2D eigenvalue weighted by Gasteiger charge is 2.18. The molecule has 2 amide bonds. The molecule has 0 aliphatic carbocycles. The minimum Gasteiger partial charge on any atom is -0.496 e. The van der Waals surface area contributed by atoms with Crippen LogP contribution in [0.4, 0.5) is 5.69 Å². The molecule has 2 rings (SSSR count). The lowest BCUT2D eigenvalue weighted by molar-refractivity contribution is -0.121. The van der Waals surface area contributed by atoms with Crippen molar-refractivity contribution in [3.63, 3.8) is 0 Å². The number of rotatable bonds is 5. The molecule has 124 valence electrons. The van der Waals surface area contributed by atoms with Crippen molar-refractivity contribution in [2.75, 3.05) is 17.7 Å². The van der Waals surface area contributed by atoms with Gasteiger partial charge in [-0.05, 0) is 38.5 Å². The van der Waals surface area contributed by atoms with Gasteiger partial charge in [0.15, 0.2) is 0 Å². The van der Waals surface area contributed by atoms with Crippen molar-refractivity contribution in [3.8, 4) is 0 Å². The Hall–Kier alpha value is -1.95. The van der Waals surface area contributed by atoms with Crippen molar-refractivity contribution in [1.29, 1.82) is 0 Å². The van der Waals surface area contributed by atoms with E-state index in [9.17, 15) is 9.59 Å². The Morgan fingerprint density at radius 3 is 2.57 bits per heavy atom. The van der Waals surface area contributed by atoms with Crippen molar-refractivity contribution >= 4 is 29.3 Å². The Labute approximate surface area is 140 Å². The first-order valence-electron chi connectivity index (χ1n) is 7.62. The number of thioether (sulfide) groups is 1. The predicted molar refractivity (Wildman–Crippen MR) is 93.2 cm³/mol. The number of ether oxygens (including phenoxy) is 1. The zero-order valence-corrected chi connectivity index (χ0v) is 14.5. The van der Waals surface area contributed by atoms with Crippen molar-refractivity contribution in [1.82, 2.24) is 5.32 Å². The SMILES string of the molecule is CC1=C(C(=O)Nc2ccc(CC(=O)NC(C)C)cc2)SCCO1. The zero-order valence-electron chi connectivity index (χ0n) is 13.6. The lowest BCUT2D eigenvalue weighted by Crippen LogP contribution is -2.31. The van der Waals surface area contributed by atoms with Gasteiger partial charge in [-0.2, -0.15) is 0 Å². The number of carbonyl (C=O) groups is 2. The number of amides is 2. The van der Waals surface area contributed by atoms with Crippen molar-refractivity contribution < 1.29 is 14.3 Å². The molecule has 0 bridgehead atoms. The first kappa shape index (κ1) is 17.4. The summed E-state index contributed by atoms with van der Waals surface area (Å²) < 4.78 is 5.40. The van der Waals surface area contributed by atoms with E-state index < -0.39 is 0 Å². The Bertz CT molecular complexity index is 609. The van der Waals surface area contributed by atoms with Crippen LogP contribution in [0.25, 0.3) is 0 Å². The summed E-state index contributed by atoms with van der Waals surface area (Å²) in [4.78, 5) is 24.6. The van der Waals surface area contributed by atoms with Crippen LogP contribution < -0.4 is 10.6 Å². The lowest BCUT2D eigenvalue weighted by Gasteiger charge is -2.17. The van der Waals surface area contributed by atoms with Gasteiger partial charge in [0.05, 0.1) is 13.0 Å². The maximum Gasteiger partial charge on any atom is 0.265 e. The summed E-state index contributed by atoms with van der Waals surface area (Å²) in [5.41, 5.74) is 1.61. The molecule has 23 heavy (non-hydrogen) atoms. The third-order valence-corrected chi connectivity index (χ3v) is 4.33. The van der Waals surface area contributed by atoms with Gasteiger partial charge in [-0.1, -0.05) is 12.1 Å². The van der Waals surface area contributed by atoms with Gasteiger partial charge in [-0.25, -0.2) is 0 Å². The Morgan fingerprint density at radius 2 is 1.96 bits per heavy atom. The van der Waals surface area contributed by atoms with Crippen LogP contribution >= 0.6 is 11.8 Å². The van der Waals surface area contributed by atoms with E-state index in [-0.39, 0.29) is 17.9 Å². The average molecular weight is 334 g/mol. The van der Waals surface area contributed by atoms with E-state index in [1.165, 1.54) is 11.8 Å². The van der Waals surface area contributed by atoms with Gasteiger partial charge in [-0.15, -0.1) is 11.8 Å². The average Bonchev–Trinajstić information content (AvgIpc) is 2.48. The smallest absolute Gasteiger partial charge is 0.265 e. The largest absolute Gasteiger partial charge is 0.496 e. The first-order valence-corrected chi connectivity index (χ1v) is 8.60. The standard InChI is InChI=1S/C17H22N2O3S/c1-11(2)18-15(20)10-13-4-6-14(7-5-13)19-17(21)16-12(3)22-8-9-23-16/h4-7,11H,8-10H2,1-3H3,(H,18,20)(H,19,21). The van der Waals surface area contributed by atoms with Gasteiger partial charge in [0, 0.05) is 17.5 Å². The highest BCUT2D eigenvalue weighted by molar-refractivity contribution is 8.04. The molecule has 1 heterocycles. The van der Waals surface area contributed by atoms with Crippen molar-refractivity contribution in [2.24, 2.45) is 0 Å². The molecule has 1 aromatic carbocycles. The van der Waals surface area contributed by atoms with Crippen LogP contribution in [0.3, 0.4) is 0 Å². The van der Waals surface area contributed by atoms with E-state index >= 15 is 0 Å². The maximum atomic E-state index is 12.2. The number of benzene rings is 1. The molecule has 5 nitrogen and oxygen atoms in total. The van der Waals surface area contributed by atoms with Gasteiger partial charge in [0.2, 0.25) is 5.91 Å². The molecule has 0 spiro atoms. The highest BCUT2D eigenvalue weighted by Crippen LogP contribution is 2.26. The molecule has 0 aromatic heterocycles. The van der Waals surface area contributed by atoms with E-state index in [1.54, 1.807) is 19.1 Å². The number of hydrogen-bond donors (Lipinski definition) is 2. The number of nitrogens with one attached hydrogen (secondary N) is 2. The molecule has 0 saturated carbocycles. The first-order chi connectivity index (χ1) is 11.0. The predicted octanol–water partition coefficient (Wildman–Crippen LogP) is 2.69. The number of carbonyl (C=O) groups excluding carboxylic acids is 2. The summed E-state index contributed by atoms with van der Waals surface area (Å²) in [7, 11) is 0. The minimum absolute atomic E-state index is 0.00618.